The Labute approximate surface area is 162 Å². The number of ether oxygens (including phenoxy) is 2. The van der Waals surface area contributed by atoms with Gasteiger partial charge in [-0.2, -0.15) is 0 Å². The second-order valence-electron chi connectivity index (χ2n) is 6.90. The fourth-order valence-electron chi connectivity index (χ4n) is 4.03. The molecule has 4 atom stereocenters. The molecule has 0 spiro atoms. The number of carbonyl (C=O) groups is 1. The van der Waals surface area contributed by atoms with Crippen LogP contribution in [0.2, 0.25) is 0 Å². The Morgan fingerprint density at radius 1 is 1.18 bits per heavy atom. The number of methoxy groups -OCH3 is 2. The third kappa shape index (κ3) is 3.16. The molecule has 0 saturated carbocycles. The van der Waals surface area contributed by atoms with Crippen LogP contribution in [-0.2, 0) is 9.53 Å². The predicted octanol–water partition coefficient (Wildman–Crippen LogP) is 2.41. The van der Waals surface area contributed by atoms with E-state index in [9.17, 15) is 20.0 Å². The van der Waals surface area contributed by atoms with Gasteiger partial charge in [-0.15, -0.1) is 0 Å². The third-order valence-electron chi connectivity index (χ3n) is 5.36. The van der Waals surface area contributed by atoms with E-state index in [0.717, 1.165) is 0 Å². The number of phenolic OH excluding ortho intramolecular Hbond substituents is 1. The Bertz CT molecular complexity index is 885. The second-order valence-corrected chi connectivity index (χ2v) is 6.90. The molecule has 0 aliphatic carbocycles. The summed E-state index contributed by atoms with van der Waals surface area (Å²) < 4.78 is 10.1. The number of rotatable bonds is 5. The first kappa shape index (κ1) is 19.6. The summed E-state index contributed by atoms with van der Waals surface area (Å²) in [5.41, 5.74) is -0.412. The van der Waals surface area contributed by atoms with Crippen molar-refractivity contribution in [3.63, 3.8) is 0 Å². The Hall–Kier alpha value is -3.13. The molecule has 1 heterocycles. The van der Waals surface area contributed by atoms with E-state index in [4.69, 9.17) is 9.47 Å². The molecule has 2 N–H and O–H groups in total. The summed E-state index contributed by atoms with van der Waals surface area (Å²) >= 11 is 0. The van der Waals surface area contributed by atoms with Crippen LogP contribution in [0.1, 0.15) is 30.0 Å². The maximum Gasteiger partial charge on any atom is 0.326 e. The number of para-hydroxylation sites is 1. The number of nitro groups is 1. The van der Waals surface area contributed by atoms with Gasteiger partial charge in [-0.05, 0) is 30.7 Å². The van der Waals surface area contributed by atoms with Crippen LogP contribution in [-0.4, -0.2) is 41.8 Å². The van der Waals surface area contributed by atoms with E-state index in [0.29, 0.717) is 16.9 Å². The average molecular weight is 386 g/mol. The highest BCUT2D eigenvalue weighted by atomic mass is 16.6. The zero-order valence-electron chi connectivity index (χ0n) is 15.8. The lowest BCUT2D eigenvalue weighted by atomic mass is 9.78. The molecule has 1 aliphatic rings. The van der Waals surface area contributed by atoms with Crippen LogP contribution in [0, 0.1) is 10.1 Å². The molecule has 3 rings (SSSR count). The number of nitrogens with zero attached hydrogens (tertiary/aromatic N) is 1. The summed E-state index contributed by atoms with van der Waals surface area (Å²) in [5, 5.41) is 25.5. The normalized spacial score (nSPS) is 26.6. The van der Waals surface area contributed by atoms with E-state index in [1.54, 1.807) is 49.4 Å². The molecule has 1 fully saturated rings. The topological polar surface area (TPSA) is 111 Å². The van der Waals surface area contributed by atoms with E-state index in [1.807, 2.05) is 0 Å². The van der Waals surface area contributed by atoms with Gasteiger partial charge in [-0.25, -0.2) is 0 Å². The lowest BCUT2D eigenvalue weighted by Gasteiger charge is -2.28. The highest BCUT2D eigenvalue weighted by Gasteiger charge is 2.62. The number of hydrogen-bond acceptors (Lipinski definition) is 7. The third-order valence-corrected chi connectivity index (χ3v) is 5.36. The zero-order valence-corrected chi connectivity index (χ0v) is 15.8. The number of esters is 1. The van der Waals surface area contributed by atoms with Gasteiger partial charge in [0.2, 0.25) is 6.04 Å². The molecule has 1 saturated heterocycles. The van der Waals surface area contributed by atoms with Crippen molar-refractivity contribution >= 4 is 5.97 Å². The first-order valence-electron chi connectivity index (χ1n) is 8.75. The van der Waals surface area contributed by atoms with E-state index < -0.39 is 34.4 Å². The van der Waals surface area contributed by atoms with Crippen molar-refractivity contribution in [1.29, 1.82) is 0 Å². The van der Waals surface area contributed by atoms with Crippen LogP contribution in [0.15, 0.2) is 48.5 Å². The van der Waals surface area contributed by atoms with Crippen molar-refractivity contribution in [2.75, 3.05) is 14.2 Å². The molecule has 0 aromatic heterocycles. The van der Waals surface area contributed by atoms with Crippen molar-refractivity contribution in [3.05, 3.63) is 69.8 Å². The Morgan fingerprint density at radius 3 is 2.36 bits per heavy atom. The zero-order chi connectivity index (χ0) is 20.5. The van der Waals surface area contributed by atoms with Crippen molar-refractivity contribution in [2.24, 2.45) is 0 Å². The van der Waals surface area contributed by atoms with E-state index in [1.165, 1.54) is 20.3 Å². The van der Waals surface area contributed by atoms with Gasteiger partial charge in [-0.1, -0.05) is 30.3 Å². The molecule has 1 aliphatic heterocycles. The van der Waals surface area contributed by atoms with Crippen molar-refractivity contribution in [3.8, 4) is 11.5 Å². The van der Waals surface area contributed by atoms with Crippen LogP contribution >= 0.6 is 0 Å². The lowest BCUT2D eigenvalue weighted by Crippen LogP contribution is -2.50. The number of nitrogens with one attached hydrogen (secondary N) is 1. The maximum atomic E-state index is 12.7. The maximum absolute atomic E-state index is 12.7. The summed E-state index contributed by atoms with van der Waals surface area (Å²) in [6.45, 7) is 1.59. The number of hydrogen-bond donors (Lipinski definition) is 2. The fraction of sp³-hybridized carbons (Fsp3) is 0.350. The first-order valence-corrected chi connectivity index (χ1v) is 8.75. The summed E-state index contributed by atoms with van der Waals surface area (Å²) in [6, 6.07) is 11.1. The van der Waals surface area contributed by atoms with Crippen molar-refractivity contribution in [1.82, 2.24) is 5.32 Å². The van der Waals surface area contributed by atoms with Crippen LogP contribution < -0.4 is 10.1 Å². The van der Waals surface area contributed by atoms with Crippen LogP contribution in [0.25, 0.3) is 0 Å². The Kier molecular flexibility index (Phi) is 5.24. The molecular weight excluding hydrogens is 364 g/mol. The van der Waals surface area contributed by atoms with Gasteiger partial charge in [0.15, 0.2) is 0 Å². The molecule has 8 nitrogen and oxygen atoms in total. The van der Waals surface area contributed by atoms with Crippen LogP contribution in [0.5, 0.6) is 11.5 Å². The highest BCUT2D eigenvalue weighted by molar-refractivity contribution is 5.83. The quantitative estimate of drug-likeness (QED) is 0.461. The minimum absolute atomic E-state index is 0.0746. The molecule has 8 heteroatoms. The number of carbonyl (C=O) groups excluding carboxylic acids is 1. The van der Waals surface area contributed by atoms with Gasteiger partial charge in [0, 0.05) is 10.5 Å². The van der Waals surface area contributed by atoms with Crippen LogP contribution in [0.3, 0.4) is 0 Å². The SMILES string of the molecule is COC(=O)[C@@]1(C)N[C@@H](c2ccccc2O)[C@@H]([N+](=O)[O-])[C@@H]1c1ccc(OC)cc1. The van der Waals surface area contributed by atoms with Crippen molar-refractivity contribution in [2.45, 2.75) is 30.5 Å². The number of aromatic hydroxyl groups is 1. The fourth-order valence-corrected chi connectivity index (χ4v) is 4.03. The van der Waals surface area contributed by atoms with Gasteiger partial charge in [0.05, 0.1) is 20.1 Å². The van der Waals surface area contributed by atoms with E-state index in [-0.39, 0.29) is 5.75 Å². The van der Waals surface area contributed by atoms with Gasteiger partial charge in [0.25, 0.3) is 0 Å². The summed E-state index contributed by atoms with van der Waals surface area (Å²) in [7, 11) is 2.77. The molecule has 28 heavy (non-hydrogen) atoms. The van der Waals surface area contributed by atoms with E-state index >= 15 is 0 Å². The summed E-state index contributed by atoms with van der Waals surface area (Å²) in [5.74, 6) is -0.914. The monoisotopic (exact) mass is 386 g/mol. The van der Waals surface area contributed by atoms with Gasteiger partial charge >= 0.3 is 5.97 Å². The predicted molar refractivity (Wildman–Crippen MR) is 101 cm³/mol. The number of phenols is 1. The molecule has 0 radical (unpaired) electrons. The molecule has 0 amide bonds. The van der Waals surface area contributed by atoms with Crippen molar-refractivity contribution < 1.29 is 24.3 Å². The highest BCUT2D eigenvalue weighted by Crippen LogP contribution is 2.47. The number of benzene rings is 2. The molecule has 2 aromatic rings. The second kappa shape index (κ2) is 7.47. The molecule has 2 aromatic carbocycles. The Balaban J connectivity index is 2.17. The molecular formula is C20H22N2O6. The molecule has 0 unspecified atom stereocenters. The Morgan fingerprint density at radius 2 is 1.82 bits per heavy atom. The van der Waals surface area contributed by atoms with Crippen LogP contribution in [0.4, 0.5) is 0 Å². The summed E-state index contributed by atoms with van der Waals surface area (Å²) in [4.78, 5) is 24.4. The van der Waals surface area contributed by atoms with Gasteiger partial charge in [-0.3, -0.25) is 20.2 Å². The van der Waals surface area contributed by atoms with E-state index in [2.05, 4.69) is 5.32 Å². The van der Waals surface area contributed by atoms with Gasteiger partial charge < -0.3 is 14.6 Å². The lowest BCUT2D eigenvalue weighted by molar-refractivity contribution is -0.527. The largest absolute Gasteiger partial charge is 0.508 e. The standard InChI is InChI=1S/C20H22N2O6/c1-20(19(24)28-3)16(12-8-10-13(27-2)11-9-12)18(22(25)26)17(21-20)14-6-4-5-7-15(14)23/h4-11,16-18,21,23H,1-3H3/t16-,17-,18-,20-/m0/s1. The average Bonchev–Trinajstić information content (AvgIpc) is 3.02. The minimum Gasteiger partial charge on any atom is -0.508 e. The molecule has 148 valence electrons. The minimum atomic E-state index is -1.37. The van der Waals surface area contributed by atoms with Gasteiger partial charge in [0.1, 0.15) is 23.1 Å². The smallest absolute Gasteiger partial charge is 0.326 e. The summed E-state index contributed by atoms with van der Waals surface area (Å²) in [6.07, 6.45) is 0. The molecule has 0 bridgehead atoms. The first-order chi connectivity index (χ1) is 13.3.